The Kier molecular flexibility index (Phi) is 5.96. The molecule has 1 N–H and O–H groups in total. The number of carbonyl (C=O) groups excluding carboxylic acids is 1. The van der Waals surface area contributed by atoms with Crippen LogP contribution >= 0.6 is 27.3 Å². The summed E-state index contributed by atoms with van der Waals surface area (Å²) >= 11 is 4.45. The first-order valence-electron chi connectivity index (χ1n) is 7.04. The van der Waals surface area contributed by atoms with Crippen LogP contribution < -0.4 is 5.32 Å². The Hall–Kier alpha value is -1.22. The zero-order valence-electron chi connectivity index (χ0n) is 12.7. The molecule has 124 valence electrons. The largest absolute Gasteiger partial charge is 0.321 e. The molecule has 0 spiro atoms. The molecule has 0 atom stereocenters. The van der Waals surface area contributed by atoms with Crippen LogP contribution in [0.15, 0.2) is 45.1 Å². The van der Waals surface area contributed by atoms with Gasteiger partial charge in [0.15, 0.2) is 0 Å². The van der Waals surface area contributed by atoms with Crippen molar-refractivity contribution in [3.05, 3.63) is 45.1 Å². The summed E-state index contributed by atoms with van der Waals surface area (Å²) in [6, 6.07) is 8.60. The van der Waals surface area contributed by atoms with E-state index in [1.54, 1.807) is 26.0 Å². The van der Waals surface area contributed by atoms with Crippen LogP contribution in [-0.4, -0.2) is 31.7 Å². The molecule has 1 aromatic heterocycles. The van der Waals surface area contributed by atoms with Gasteiger partial charge in [-0.25, -0.2) is 8.42 Å². The van der Waals surface area contributed by atoms with E-state index in [0.29, 0.717) is 23.7 Å². The number of carbonyl (C=O) groups is 1. The van der Waals surface area contributed by atoms with Crippen LogP contribution in [0.25, 0.3) is 0 Å². The zero-order valence-corrected chi connectivity index (χ0v) is 16.0. The van der Waals surface area contributed by atoms with Gasteiger partial charge in [-0.15, -0.1) is 11.3 Å². The third-order valence-corrected chi connectivity index (χ3v) is 6.88. The van der Waals surface area contributed by atoms with Crippen molar-refractivity contribution in [3.8, 4) is 0 Å². The lowest BCUT2D eigenvalue weighted by molar-refractivity contribution is 0.103. The predicted molar refractivity (Wildman–Crippen MR) is 96.5 cm³/mol. The fraction of sp³-hybridized carbons (Fsp3) is 0.267. The number of thiophene rings is 1. The molecule has 0 aliphatic rings. The molecule has 1 aromatic carbocycles. The van der Waals surface area contributed by atoms with Gasteiger partial charge in [-0.3, -0.25) is 4.79 Å². The highest BCUT2D eigenvalue weighted by atomic mass is 79.9. The minimum Gasteiger partial charge on any atom is -0.321 e. The van der Waals surface area contributed by atoms with E-state index >= 15 is 0 Å². The predicted octanol–water partition coefficient (Wildman–Crippen LogP) is 3.79. The maximum atomic E-state index is 12.4. The van der Waals surface area contributed by atoms with E-state index in [0.717, 1.165) is 15.8 Å². The van der Waals surface area contributed by atoms with Gasteiger partial charge >= 0.3 is 0 Å². The van der Waals surface area contributed by atoms with E-state index in [2.05, 4.69) is 21.2 Å². The molecule has 0 saturated heterocycles. The molecular formula is C15H17BrN2O3S2. The van der Waals surface area contributed by atoms with E-state index in [1.807, 2.05) is 12.1 Å². The van der Waals surface area contributed by atoms with Crippen molar-refractivity contribution in [2.24, 2.45) is 0 Å². The summed E-state index contributed by atoms with van der Waals surface area (Å²) in [4.78, 5) is 12.7. The minimum atomic E-state index is -3.53. The molecule has 0 fully saturated rings. The van der Waals surface area contributed by atoms with Crippen LogP contribution in [0.2, 0.25) is 0 Å². The summed E-state index contributed by atoms with van der Waals surface area (Å²) in [5, 5.41) is 4.25. The Morgan fingerprint density at radius 3 is 2.39 bits per heavy atom. The summed E-state index contributed by atoms with van der Waals surface area (Å²) in [5.74, 6) is -0.321. The summed E-state index contributed by atoms with van der Waals surface area (Å²) in [7, 11) is -3.53. The fourth-order valence-electron chi connectivity index (χ4n) is 2.01. The number of nitrogens with one attached hydrogen (secondary N) is 1. The summed E-state index contributed by atoms with van der Waals surface area (Å²) in [5.41, 5.74) is 0.653. The average molecular weight is 417 g/mol. The van der Waals surface area contributed by atoms with Crippen LogP contribution in [0, 0.1) is 0 Å². The normalized spacial score (nSPS) is 11.7. The van der Waals surface area contributed by atoms with E-state index in [-0.39, 0.29) is 10.8 Å². The van der Waals surface area contributed by atoms with Gasteiger partial charge in [0.05, 0.1) is 9.77 Å². The third-order valence-electron chi connectivity index (χ3n) is 3.24. The highest BCUT2D eigenvalue weighted by Gasteiger charge is 2.24. The van der Waals surface area contributed by atoms with Crippen LogP contribution in [-0.2, 0) is 10.0 Å². The first kappa shape index (κ1) is 18.1. The Labute approximate surface area is 148 Å². The highest BCUT2D eigenvalue weighted by molar-refractivity contribution is 9.10. The molecule has 5 nitrogen and oxygen atoms in total. The van der Waals surface area contributed by atoms with Gasteiger partial charge in [-0.05, 0) is 30.3 Å². The molecule has 1 amide bonds. The molecule has 0 bridgehead atoms. The molecule has 1 heterocycles. The molecule has 0 unspecified atom stereocenters. The maximum absolute atomic E-state index is 12.4. The Morgan fingerprint density at radius 2 is 1.83 bits per heavy atom. The van der Waals surface area contributed by atoms with Crippen molar-refractivity contribution in [2.45, 2.75) is 18.7 Å². The van der Waals surface area contributed by atoms with E-state index in [9.17, 15) is 13.2 Å². The van der Waals surface area contributed by atoms with Crippen LogP contribution in [0.5, 0.6) is 0 Å². The molecule has 2 rings (SSSR count). The summed E-state index contributed by atoms with van der Waals surface area (Å²) in [6.07, 6.45) is 0. The minimum absolute atomic E-state index is 0.159. The van der Waals surface area contributed by atoms with Gasteiger partial charge in [0, 0.05) is 28.6 Å². The van der Waals surface area contributed by atoms with Gasteiger partial charge in [-0.1, -0.05) is 29.8 Å². The summed E-state index contributed by atoms with van der Waals surface area (Å²) in [6.45, 7) is 4.37. The van der Waals surface area contributed by atoms with Crippen molar-refractivity contribution in [3.63, 3.8) is 0 Å². The molecule has 8 heteroatoms. The number of hydrogen-bond donors (Lipinski definition) is 1. The maximum Gasteiger partial charge on any atom is 0.265 e. The van der Waals surface area contributed by atoms with E-state index in [1.165, 1.54) is 15.8 Å². The number of sulfonamides is 1. The lowest BCUT2D eigenvalue weighted by atomic mass is 10.3. The number of hydrogen-bond acceptors (Lipinski definition) is 4. The Morgan fingerprint density at radius 1 is 1.22 bits per heavy atom. The van der Waals surface area contributed by atoms with Crippen LogP contribution in [0.4, 0.5) is 5.69 Å². The van der Waals surface area contributed by atoms with Gasteiger partial charge in [0.25, 0.3) is 5.91 Å². The second-order valence-corrected chi connectivity index (χ2v) is 8.46. The van der Waals surface area contributed by atoms with Crippen molar-refractivity contribution in [1.82, 2.24) is 4.31 Å². The van der Waals surface area contributed by atoms with Crippen molar-refractivity contribution < 1.29 is 13.2 Å². The fourth-order valence-corrected chi connectivity index (χ4v) is 4.89. The Bertz CT molecular complexity index is 781. The number of benzene rings is 1. The molecule has 0 aliphatic carbocycles. The standard InChI is InChI=1S/C15H17BrN2O3S2/c1-3-18(4-2)23(20,21)13-9-14(22-10-13)15(19)17-12-7-5-11(16)6-8-12/h5-10H,3-4H2,1-2H3,(H,17,19). The topological polar surface area (TPSA) is 66.5 Å². The van der Waals surface area contributed by atoms with E-state index < -0.39 is 10.0 Å². The lowest BCUT2D eigenvalue weighted by Crippen LogP contribution is -2.30. The summed E-state index contributed by atoms with van der Waals surface area (Å²) < 4.78 is 27.1. The number of anilines is 1. The lowest BCUT2D eigenvalue weighted by Gasteiger charge is -2.17. The van der Waals surface area contributed by atoms with Gasteiger partial charge in [0.2, 0.25) is 10.0 Å². The quantitative estimate of drug-likeness (QED) is 0.778. The highest BCUT2D eigenvalue weighted by Crippen LogP contribution is 2.24. The second kappa shape index (κ2) is 7.57. The number of halogens is 1. The second-order valence-electron chi connectivity index (χ2n) is 4.70. The Balaban J connectivity index is 2.18. The molecule has 0 aliphatic heterocycles. The monoisotopic (exact) mass is 416 g/mol. The average Bonchev–Trinajstić information content (AvgIpc) is 3.01. The van der Waals surface area contributed by atoms with Crippen molar-refractivity contribution in [1.29, 1.82) is 0 Å². The smallest absolute Gasteiger partial charge is 0.265 e. The molecule has 23 heavy (non-hydrogen) atoms. The SMILES string of the molecule is CCN(CC)S(=O)(=O)c1csc(C(=O)Nc2ccc(Br)cc2)c1. The van der Waals surface area contributed by atoms with Gasteiger partial charge in [0.1, 0.15) is 0 Å². The van der Waals surface area contributed by atoms with Crippen LogP contribution in [0.1, 0.15) is 23.5 Å². The van der Waals surface area contributed by atoms with Crippen molar-refractivity contribution in [2.75, 3.05) is 18.4 Å². The number of rotatable bonds is 6. The third kappa shape index (κ3) is 4.20. The van der Waals surface area contributed by atoms with Gasteiger partial charge < -0.3 is 5.32 Å². The van der Waals surface area contributed by atoms with Crippen LogP contribution in [0.3, 0.4) is 0 Å². The number of amides is 1. The van der Waals surface area contributed by atoms with Crippen molar-refractivity contribution >= 4 is 48.9 Å². The molecule has 2 aromatic rings. The first-order chi connectivity index (χ1) is 10.9. The molecule has 0 radical (unpaired) electrons. The molecular weight excluding hydrogens is 400 g/mol. The first-order valence-corrected chi connectivity index (χ1v) is 10.1. The zero-order chi connectivity index (χ0) is 17.0. The van der Waals surface area contributed by atoms with Gasteiger partial charge in [-0.2, -0.15) is 4.31 Å². The van der Waals surface area contributed by atoms with E-state index in [4.69, 9.17) is 0 Å². The molecule has 0 saturated carbocycles. The number of nitrogens with zero attached hydrogens (tertiary/aromatic N) is 1.